The molecule has 4 rings (SSSR count). The second-order valence-electron chi connectivity index (χ2n) is 5.72. The summed E-state index contributed by atoms with van der Waals surface area (Å²) in [4.78, 5) is 12.7. The lowest BCUT2D eigenvalue weighted by atomic mass is 10.2. The molecule has 8 heteroatoms. The molecule has 27 heavy (non-hydrogen) atoms. The van der Waals surface area contributed by atoms with Gasteiger partial charge in [0.2, 0.25) is 0 Å². The van der Waals surface area contributed by atoms with E-state index < -0.39 is 16.0 Å². The van der Waals surface area contributed by atoms with Gasteiger partial charge >= 0.3 is 5.97 Å². The molecule has 6 nitrogen and oxygen atoms in total. The minimum Gasteiger partial charge on any atom is -0.478 e. The Morgan fingerprint density at radius 3 is 2.44 bits per heavy atom. The summed E-state index contributed by atoms with van der Waals surface area (Å²) in [6, 6.07) is 18.0. The summed E-state index contributed by atoms with van der Waals surface area (Å²) in [5.41, 5.74) is 0.0408. The fourth-order valence-corrected chi connectivity index (χ4v) is 4.92. The van der Waals surface area contributed by atoms with E-state index in [4.69, 9.17) is 4.74 Å². The number of rotatable bonds is 4. The predicted molar refractivity (Wildman–Crippen MR) is 101 cm³/mol. The van der Waals surface area contributed by atoms with Gasteiger partial charge in [-0.1, -0.05) is 36.0 Å². The van der Waals surface area contributed by atoms with Crippen LogP contribution in [-0.4, -0.2) is 19.5 Å². The highest BCUT2D eigenvalue weighted by Gasteiger charge is 2.23. The first-order chi connectivity index (χ1) is 12.9. The summed E-state index contributed by atoms with van der Waals surface area (Å²) in [7, 11) is -4.06. The van der Waals surface area contributed by atoms with Gasteiger partial charge in [-0.25, -0.2) is 13.2 Å². The number of hydrogen-bond acceptors (Lipinski definition) is 5. The topological polar surface area (TPSA) is 92.7 Å². The van der Waals surface area contributed by atoms with Gasteiger partial charge in [0, 0.05) is 0 Å². The van der Waals surface area contributed by atoms with E-state index in [9.17, 15) is 18.3 Å². The average molecular weight is 399 g/mol. The lowest BCUT2D eigenvalue weighted by Crippen LogP contribution is -2.17. The van der Waals surface area contributed by atoms with Gasteiger partial charge in [-0.2, -0.15) is 0 Å². The maximum atomic E-state index is 12.7. The molecule has 0 bridgehead atoms. The number of para-hydroxylation sites is 1. The molecule has 0 amide bonds. The number of benzene rings is 3. The van der Waals surface area contributed by atoms with Crippen molar-refractivity contribution in [3.63, 3.8) is 0 Å². The zero-order valence-corrected chi connectivity index (χ0v) is 15.4. The van der Waals surface area contributed by atoms with Crippen LogP contribution < -0.4 is 9.46 Å². The van der Waals surface area contributed by atoms with Gasteiger partial charge in [0.15, 0.2) is 0 Å². The Bertz CT molecular complexity index is 1160. The van der Waals surface area contributed by atoms with Gasteiger partial charge in [0.05, 0.1) is 21.0 Å². The number of ether oxygens (including phenoxy) is 1. The summed E-state index contributed by atoms with van der Waals surface area (Å²) in [5.74, 6) is 0.0771. The van der Waals surface area contributed by atoms with Crippen LogP contribution in [0.15, 0.2) is 81.4 Å². The zero-order chi connectivity index (χ0) is 19.0. The second-order valence-corrected chi connectivity index (χ2v) is 8.45. The Morgan fingerprint density at radius 2 is 1.63 bits per heavy atom. The maximum absolute atomic E-state index is 12.7. The molecular weight excluding hydrogens is 386 g/mol. The molecule has 0 unspecified atom stereocenters. The van der Waals surface area contributed by atoms with Crippen LogP contribution >= 0.6 is 11.8 Å². The van der Waals surface area contributed by atoms with E-state index >= 15 is 0 Å². The van der Waals surface area contributed by atoms with Crippen LogP contribution in [0.2, 0.25) is 0 Å². The van der Waals surface area contributed by atoms with Crippen LogP contribution in [0.25, 0.3) is 0 Å². The molecule has 0 saturated heterocycles. The third kappa shape index (κ3) is 3.36. The largest absolute Gasteiger partial charge is 0.478 e. The second kappa shape index (κ2) is 6.64. The number of carbonyl (C=O) groups is 1. The molecule has 1 heterocycles. The summed E-state index contributed by atoms with van der Waals surface area (Å²) in [6.45, 7) is 0. The zero-order valence-electron chi connectivity index (χ0n) is 13.7. The Balaban J connectivity index is 1.66. The highest BCUT2D eigenvalue weighted by Crippen LogP contribution is 2.47. The first-order valence-corrected chi connectivity index (χ1v) is 10.2. The summed E-state index contributed by atoms with van der Waals surface area (Å²) < 4.78 is 33.6. The molecular formula is C19H13NO5S2. The summed E-state index contributed by atoms with van der Waals surface area (Å²) >= 11 is 1.47. The van der Waals surface area contributed by atoms with Crippen molar-refractivity contribution in [2.24, 2.45) is 0 Å². The Kier molecular flexibility index (Phi) is 4.29. The van der Waals surface area contributed by atoms with Crippen LogP contribution in [-0.2, 0) is 10.0 Å². The van der Waals surface area contributed by atoms with Crippen LogP contribution in [0, 0.1) is 0 Å². The lowest BCUT2D eigenvalue weighted by Gasteiger charge is -2.20. The van der Waals surface area contributed by atoms with Crippen molar-refractivity contribution in [1.29, 1.82) is 0 Å². The van der Waals surface area contributed by atoms with E-state index in [1.807, 2.05) is 24.3 Å². The number of anilines is 1. The fraction of sp³-hybridized carbons (Fsp3) is 0. The Labute approximate surface area is 159 Å². The molecule has 0 saturated carbocycles. The van der Waals surface area contributed by atoms with Crippen molar-refractivity contribution in [2.45, 2.75) is 14.7 Å². The van der Waals surface area contributed by atoms with Gasteiger partial charge in [0.1, 0.15) is 16.4 Å². The number of sulfonamides is 1. The monoisotopic (exact) mass is 399 g/mol. The molecule has 0 fully saturated rings. The molecule has 1 aliphatic heterocycles. The highest BCUT2D eigenvalue weighted by atomic mass is 32.2. The maximum Gasteiger partial charge on any atom is 0.337 e. The highest BCUT2D eigenvalue weighted by molar-refractivity contribution is 7.99. The van der Waals surface area contributed by atoms with E-state index in [0.29, 0.717) is 11.4 Å². The Morgan fingerprint density at radius 1 is 0.926 bits per heavy atom. The number of nitrogens with one attached hydrogen (secondary N) is 1. The van der Waals surface area contributed by atoms with Gasteiger partial charge in [-0.15, -0.1) is 0 Å². The van der Waals surface area contributed by atoms with Crippen LogP contribution in [0.5, 0.6) is 11.5 Å². The number of fused-ring (bicyclic) bond motifs is 2. The molecule has 0 aliphatic carbocycles. The fourth-order valence-electron chi connectivity index (χ4n) is 2.68. The normalized spacial score (nSPS) is 12.4. The lowest BCUT2D eigenvalue weighted by molar-refractivity contribution is 0.0692. The van der Waals surface area contributed by atoms with Crippen LogP contribution in [0.3, 0.4) is 0 Å². The number of carboxylic acid groups (broad SMARTS) is 1. The molecule has 0 radical (unpaired) electrons. The third-order valence-electron chi connectivity index (χ3n) is 3.89. The summed E-state index contributed by atoms with van der Waals surface area (Å²) in [6.07, 6.45) is 0. The van der Waals surface area contributed by atoms with E-state index in [0.717, 1.165) is 15.5 Å². The first kappa shape index (κ1) is 17.4. The van der Waals surface area contributed by atoms with E-state index in [2.05, 4.69) is 4.72 Å². The SMILES string of the molecule is O=C(O)c1ccccc1S(=O)(=O)Nc1ccc2c(c1)Sc1ccccc1O2. The van der Waals surface area contributed by atoms with Gasteiger partial charge in [0.25, 0.3) is 10.0 Å². The predicted octanol–water partition coefficient (Wildman–Crippen LogP) is 4.44. The van der Waals surface area contributed by atoms with Crippen molar-refractivity contribution < 1.29 is 23.1 Å². The smallest absolute Gasteiger partial charge is 0.337 e. The van der Waals surface area contributed by atoms with E-state index in [-0.39, 0.29) is 10.5 Å². The van der Waals surface area contributed by atoms with Crippen LogP contribution in [0.4, 0.5) is 5.69 Å². The van der Waals surface area contributed by atoms with Crippen molar-refractivity contribution in [3.8, 4) is 11.5 Å². The third-order valence-corrected chi connectivity index (χ3v) is 6.43. The average Bonchev–Trinajstić information content (AvgIpc) is 2.66. The van der Waals surface area contributed by atoms with E-state index in [1.54, 1.807) is 18.2 Å². The van der Waals surface area contributed by atoms with Gasteiger partial charge in [-0.3, -0.25) is 4.72 Å². The molecule has 3 aromatic carbocycles. The van der Waals surface area contributed by atoms with Gasteiger partial charge in [-0.05, 0) is 42.5 Å². The van der Waals surface area contributed by atoms with Crippen molar-refractivity contribution in [3.05, 3.63) is 72.3 Å². The number of hydrogen-bond donors (Lipinski definition) is 2. The van der Waals surface area contributed by atoms with Crippen molar-refractivity contribution in [2.75, 3.05) is 4.72 Å². The van der Waals surface area contributed by atoms with Crippen molar-refractivity contribution >= 4 is 33.4 Å². The quantitative estimate of drug-likeness (QED) is 0.527. The minimum absolute atomic E-state index is 0.283. The minimum atomic E-state index is -4.06. The molecule has 2 N–H and O–H groups in total. The summed E-state index contributed by atoms with van der Waals surface area (Å²) in [5, 5.41) is 9.23. The standard InChI is InChI=1S/C19H13NO5S2/c21-19(22)13-5-1-4-8-18(13)27(23,24)20-12-9-10-15-17(11-12)26-16-7-3-2-6-14(16)25-15/h1-11,20H,(H,21,22). The molecule has 3 aromatic rings. The van der Waals surface area contributed by atoms with Crippen LogP contribution in [0.1, 0.15) is 10.4 Å². The van der Waals surface area contributed by atoms with Gasteiger partial charge < -0.3 is 9.84 Å². The molecule has 0 aromatic heterocycles. The molecule has 1 aliphatic rings. The first-order valence-electron chi connectivity index (χ1n) is 7.88. The Hall–Kier alpha value is -2.97. The molecule has 0 atom stereocenters. The molecule has 0 spiro atoms. The van der Waals surface area contributed by atoms with E-state index in [1.165, 1.54) is 36.0 Å². The number of aromatic carboxylic acids is 1. The number of carboxylic acids is 1. The van der Waals surface area contributed by atoms with Crippen molar-refractivity contribution in [1.82, 2.24) is 0 Å². The molecule has 136 valence electrons.